The molecular weight excluding hydrogens is 276 g/mol. The van der Waals surface area contributed by atoms with Crippen LogP contribution >= 0.6 is 0 Å². The van der Waals surface area contributed by atoms with Crippen LogP contribution in [0.4, 0.5) is 0 Å². The minimum absolute atomic E-state index is 0.0225. The number of aryl methyl sites for hydroxylation is 1. The molecule has 2 N–H and O–H groups in total. The van der Waals surface area contributed by atoms with Crippen molar-refractivity contribution in [3.63, 3.8) is 0 Å². The number of fused-ring (bicyclic) bond motifs is 1. The van der Waals surface area contributed by atoms with Gasteiger partial charge in [0.05, 0.1) is 5.39 Å². The smallest absolute Gasteiger partial charge is 0.196 e. The minimum atomic E-state index is -0.213. The van der Waals surface area contributed by atoms with Gasteiger partial charge < -0.3 is 10.2 Å². The molecule has 1 atom stereocenters. The van der Waals surface area contributed by atoms with Crippen molar-refractivity contribution < 1.29 is 4.42 Å². The predicted molar refractivity (Wildman–Crippen MR) is 87.8 cm³/mol. The molecule has 0 saturated heterocycles. The largest absolute Gasteiger partial charge is 0.455 e. The number of nitrogens with two attached hydrogens (primary N) is 1. The van der Waals surface area contributed by atoms with Gasteiger partial charge in [-0.15, -0.1) is 0 Å². The van der Waals surface area contributed by atoms with Gasteiger partial charge in [0.2, 0.25) is 0 Å². The van der Waals surface area contributed by atoms with Crippen LogP contribution < -0.4 is 11.2 Å². The van der Waals surface area contributed by atoms with E-state index >= 15 is 0 Å². The number of pyridine rings is 1. The maximum Gasteiger partial charge on any atom is 0.196 e. The molecule has 0 unspecified atom stereocenters. The molecule has 0 aliphatic heterocycles. The third kappa shape index (κ3) is 2.31. The van der Waals surface area contributed by atoms with E-state index < -0.39 is 0 Å². The standard InChI is InChI=1S/C18H18N2O2/c1-10-7-14(12(3)19)18-15(8-10)16(21)11(2)17(22-18)13-5-4-6-20-9-13/h4-9,12H,19H2,1-3H3/t12-/m1/s1. The molecule has 112 valence electrons. The van der Waals surface area contributed by atoms with Crippen LogP contribution in [0, 0.1) is 13.8 Å². The fraction of sp³-hybridized carbons (Fsp3) is 0.222. The molecule has 4 heteroatoms. The van der Waals surface area contributed by atoms with Gasteiger partial charge in [0.25, 0.3) is 0 Å². The average molecular weight is 294 g/mol. The van der Waals surface area contributed by atoms with Crippen molar-refractivity contribution in [3.8, 4) is 11.3 Å². The summed E-state index contributed by atoms with van der Waals surface area (Å²) in [7, 11) is 0. The number of hydrogen-bond acceptors (Lipinski definition) is 4. The Labute approximate surface area is 128 Å². The summed E-state index contributed by atoms with van der Waals surface area (Å²) < 4.78 is 6.09. The molecule has 2 aromatic heterocycles. The fourth-order valence-corrected chi connectivity index (χ4v) is 2.68. The molecule has 0 aliphatic carbocycles. The fourth-order valence-electron chi connectivity index (χ4n) is 2.68. The van der Waals surface area contributed by atoms with Crippen LogP contribution in [-0.2, 0) is 0 Å². The molecule has 0 amide bonds. The van der Waals surface area contributed by atoms with E-state index in [1.54, 1.807) is 19.3 Å². The van der Waals surface area contributed by atoms with E-state index in [4.69, 9.17) is 10.2 Å². The Morgan fingerprint density at radius 3 is 2.68 bits per heavy atom. The Balaban J connectivity index is 2.43. The van der Waals surface area contributed by atoms with E-state index in [9.17, 15) is 4.79 Å². The first-order valence-corrected chi connectivity index (χ1v) is 7.23. The molecule has 0 fully saturated rings. The van der Waals surface area contributed by atoms with Crippen molar-refractivity contribution in [3.05, 3.63) is 63.6 Å². The van der Waals surface area contributed by atoms with Crippen LogP contribution in [0.2, 0.25) is 0 Å². The molecule has 0 radical (unpaired) electrons. The molecule has 0 saturated carbocycles. The lowest BCUT2D eigenvalue weighted by molar-refractivity contribution is 0.603. The number of nitrogens with zero attached hydrogens (tertiary/aromatic N) is 1. The van der Waals surface area contributed by atoms with E-state index in [1.165, 1.54) is 0 Å². The highest BCUT2D eigenvalue weighted by Gasteiger charge is 2.17. The van der Waals surface area contributed by atoms with Crippen molar-refractivity contribution in [1.29, 1.82) is 0 Å². The van der Waals surface area contributed by atoms with Gasteiger partial charge in [-0.05, 0) is 44.5 Å². The Morgan fingerprint density at radius 1 is 1.27 bits per heavy atom. The van der Waals surface area contributed by atoms with Gasteiger partial charge in [-0.25, -0.2) is 0 Å². The molecule has 0 spiro atoms. The van der Waals surface area contributed by atoms with Gasteiger partial charge in [-0.2, -0.15) is 0 Å². The molecule has 1 aromatic carbocycles. The molecule has 2 heterocycles. The van der Waals surface area contributed by atoms with Gasteiger partial charge >= 0.3 is 0 Å². The summed E-state index contributed by atoms with van der Waals surface area (Å²) >= 11 is 0. The zero-order chi connectivity index (χ0) is 15.9. The molecule has 3 aromatic rings. The third-order valence-electron chi connectivity index (χ3n) is 3.81. The quantitative estimate of drug-likeness (QED) is 0.785. The molecule has 4 nitrogen and oxygen atoms in total. The van der Waals surface area contributed by atoms with Crippen molar-refractivity contribution >= 4 is 11.0 Å². The molecule has 22 heavy (non-hydrogen) atoms. The van der Waals surface area contributed by atoms with E-state index in [-0.39, 0.29) is 11.5 Å². The van der Waals surface area contributed by atoms with Gasteiger partial charge in [-0.1, -0.05) is 6.07 Å². The minimum Gasteiger partial charge on any atom is -0.455 e. The Hall–Kier alpha value is -2.46. The van der Waals surface area contributed by atoms with Gasteiger partial charge in [0.15, 0.2) is 5.43 Å². The van der Waals surface area contributed by atoms with E-state index in [2.05, 4.69) is 4.98 Å². The average Bonchev–Trinajstić information content (AvgIpc) is 2.51. The monoisotopic (exact) mass is 294 g/mol. The number of benzene rings is 1. The first-order valence-electron chi connectivity index (χ1n) is 7.23. The second kappa shape index (κ2) is 5.39. The second-order valence-corrected chi connectivity index (χ2v) is 5.65. The summed E-state index contributed by atoms with van der Waals surface area (Å²) in [6, 6.07) is 7.31. The Morgan fingerprint density at radius 2 is 2.05 bits per heavy atom. The molecule has 0 bridgehead atoms. The predicted octanol–water partition coefficient (Wildman–Crippen LogP) is 3.49. The second-order valence-electron chi connectivity index (χ2n) is 5.65. The maximum atomic E-state index is 12.7. The first kappa shape index (κ1) is 14.5. The number of hydrogen-bond donors (Lipinski definition) is 1. The number of aromatic nitrogens is 1. The summed E-state index contributed by atoms with van der Waals surface area (Å²) in [5, 5.41) is 0.581. The first-order chi connectivity index (χ1) is 10.5. The lowest BCUT2D eigenvalue weighted by Crippen LogP contribution is -2.12. The zero-order valence-electron chi connectivity index (χ0n) is 12.9. The summed E-state index contributed by atoms with van der Waals surface area (Å²) in [6.45, 7) is 5.62. The van der Waals surface area contributed by atoms with Gasteiger partial charge in [0, 0.05) is 35.1 Å². The molecule has 3 rings (SSSR count). The van der Waals surface area contributed by atoms with Crippen molar-refractivity contribution in [2.75, 3.05) is 0 Å². The number of rotatable bonds is 2. The van der Waals surface area contributed by atoms with Crippen LogP contribution in [0.5, 0.6) is 0 Å². The Bertz CT molecular complexity index is 896. The lowest BCUT2D eigenvalue weighted by atomic mass is 10.00. The van der Waals surface area contributed by atoms with Crippen LogP contribution in [-0.4, -0.2) is 4.98 Å². The summed E-state index contributed by atoms with van der Waals surface area (Å²) in [5.74, 6) is 0.552. The third-order valence-corrected chi connectivity index (χ3v) is 3.81. The van der Waals surface area contributed by atoms with Crippen LogP contribution in [0.15, 0.2) is 45.9 Å². The normalized spacial score (nSPS) is 12.5. The van der Waals surface area contributed by atoms with Crippen molar-refractivity contribution in [2.45, 2.75) is 26.8 Å². The van der Waals surface area contributed by atoms with E-state index in [1.807, 2.05) is 38.1 Å². The highest BCUT2D eigenvalue weighted by atomic mass is 16.3. The maximum absolute atomic E-state index is 12.7. The van der Waals surface area contributed by atoms with E-state index in [0.717, 1.165) is 16.7 Å². The van der Waals surface area contributed by atoms with Crippen LogP contribution in [0.25, 0.3) is 22.3 Å². The van der Waals surface area contributed by atoms with Gasteiger partial charge in [-0.3, -0.25) is 9.78 Å². The lowest BCUT2D eigenvalue weighted by Gasteiger charge is -2.13. The van der Waals surface area contributed by atoms with Crippen molar-refractivity contribution in [1.82, 2.24) is 4.98 Å². The topological polar surface area (TPSA) is 69.1 Å². The SMILES string of the molecule is Cc1cc([C@@H](C)N)c2oc(-c3cccnc3)c(C)c(=O)c2c1. The highest BCUT2D eigenvalue weighted by molar-refractivity contribution is 5.84. The van der Waals surface area contributed by atoms with Crippen molar-refractivity contribution in [2.24, 2.45) is 5.73 Å². The van der Waals surface area contributed by atoms with Gasteiger partial charge in [0.1, 0.15) is 11.3 Å². The molecular formula is C18H18N2O2. The zero-order valence-corrected chi connectivity index (χ0v) is 12.9. The highest BCUT2D eigenvalue weighted by Crippen LogP contribution is 2.29. The summed E-state index contributed by atoms with van der Waals surface area (Å²) in [4.78, 5) is 16.8. The van der Waals surface area contributed by atoms with Crippen LogP contribution in [0.1, 0.15) is 29.7 Å². The summed E-state index contributed by atoms with van der Waals surface area (Å²) in [5.41, 5.74) is 9.81. The Kier molecular flexibility index (Phi) is 3.54. The van der Waals surface area contributed by atoms with Crippen LogP contribution in [0.3, 0.4) is 0 Å². The van der Waals surface area contributed by atoms with E-state index in [0.29, 0.717) is 22.3 Å². The molecule has 0 aliphatic rings. The summed E-state index contributed by atoms with van der Waals surface area (Å²) in [6.07, 6.45) is 3.38.